The van der Waals surface area contributed by atoms with Gasteiger partial charge in [-0.25, -0.2) is 4.39 Å². The van der Waals surface area contributed by atoms with Gasteiger partial charge in [0.25, 0.3) is 0 Å². The molecule has 0 aliphatic rings. The Kier molecular flexibility index (Phi) is 2.64. The van der Waals surface area contributed by atoms with E-state index in [-0.39, 0.29) is 5.82 Å². The summed E-state index contributed by atoms with van der Waals surface area (Å²) < 4.78 is 12.6. The molecule has 1 heterocycles. The number of pyridine rings is 1. The lowest BCUT2D eigenvalue weighted by Gasteiger charge is -2.07. The molecule has 3 heteroatoms. The third-order valence-corrected chi connectivity index (χ3v) is 1.23. The van der Waals surface area contributed by atoms with Crippen molar-refractivity contribution in [3.05, 3.63) is 29.8 Å². The second kappa shape index (κ2) is 3.55. The number of halogens is 1. The Labute approximate surface area is 77.0 Å². The van der Waals surface area contributed by atoms with Crippen molar-refractivity contribution in [2.75, 3.05) is 0 Å². The lowest BCUT2D eigenvalue weighted by Crippen LogP contribution is -2.29. The van der Waals surface area contributed by atoms with Crippen LogP contribution in [0.3, 0.4) is 0 Å². The van der Waals surface area contributed by atoms with Gasteiger partial charge in [-0.05, 0) is 19.9 Å². The molecule has 0 atom stereocenters. The quantitative estimate of drug-likeness (QED) is 0.608. The predicted octanol–water partition coefficient (Wildman–Crippen LogP) is 1.31. The van der Waals surface area contributed by atoms with Crippen molar-refractivity contribution in [3.63, 3.8) is 0 Å². The first kappa shape index (κ1) is 9.69. The zero-order valence-electron chi connectivity index (χ0n) is 7.63. The van der Waals surface area contributed by atoms with Crippen molar-refractivity contribution < 1.29 is 4.39 Å². The highest BCUT2D eigenvalue weighted by Gasteiger charge is 2.03. The average molecular weight is 178 g/mol. The maximum Gasteiger partial charge on any atom is 0.142 e. The normalized spacial score (nSPS) is 10.5. The van der Waals surface area contributed by atoms with E-state index in [2.05, 4.69) is 16.8 Å². The molecule has 2 nitrogen and oxygen atoms in total. The van der Waals surface area contributed by atoms with Gasteiger partial charge in [-0.2, -0.15) is 0 Å². The molecule has 1 aromatic rings. The van der Waals surface area contributed by atoms with E-state index < -0.39 is 5.54 Å². The zero-order chi connectivity index (χ0) is 9.90. The van der Waals surface area contributed by atoms with Crippen LogP contribution in [0, 0.1) is 17.7 Å². The molecule has 68 valence electrons. The Morgan fingerprint density at radius 1 is 1.46 bits per heavy atom. The Balaban J connectivity index is 2.90. The number of aromatic nitrogens is 1. The summed E-state index contributed by atoms with van der Waals surface area (Å²) in [4.78, 5) is 3.67. The van der Waals surface area contributed by atoms with Gasteiger partial charge in [-0.15, -0.1) is 0 Å². The maximum absolute atomic E-state index is 12.6. The van der Waals surface area contributed by atoms with Crippen molar-refractivity contribution in [2.24, 2.45) is 5.73 Å². The van der Waals surface area contributed by atoms with Gasteiger partial charge in [0.05, 0.1) is 11.7 Å². The van der Waals surface area contributed by atoms with E-state index in [1.165, 1.54) is 12.3 Å². The molecular formula is C10H11FN2. The third-order valence-electron chi connectivity index (χ3n) is 1.23. The van der Waals surface area contributed by atoms with Crippen LogP contribution in [0.5, 0.6) is 0 Å². The molecule has 0 aliphatic carbocycles. The lowest BCUT2D eigenvalue weighted by atomic mass is 10.1. The van der Waals surface area contributed by atoms with Crippen LogP contribution < -0.4 is 5.73 Å². The predicted molar refractivity (Wildman–Crippen MR) is 49.3 cm³/mol. The first-order chi connectivity index (χ1) is 5.97. The number of hydrogen-bond donors (Lipinski definition) is 1. The van der Waals surface area contributed by atoms with Crippen LogP contribution in [-0.4, -0.2) is 10.5 Å². The minimum atomic E-state index is -0.563. The summed E-state index contributed by atoms with van der Waals surface area (Å²) in [5.74, 6) is 5.15. The highest BCUT2D eigenvalue weighted by molar-refractivity contribution is 5.34. The summed E-state index contributed by atoms with van der Waals surface area (Å²) in [7, 11) is 0. The molecule has 0 spiro atoms. The summed E-state index contributed by atoms with van der Waals surface area (Å²) in [6.45, 7) is 3.57. The van der Waals surface area contributed by atoms with E-state index >= 15 is 0 Å². The fourth-order valence-corrected chi connectivity index (χ4v) is 0.713. The van der Waals surface area contributed by atoms with E-state index in [0.717, 1.165) is 6.20 Å². The van der Waals surface area contributed by atoms with E-state index in [1.54, 1.807) is 13.8 Å². The van der Waals surface area contributed by atoms with Crippen LogP contribution >= 0.6 is 0 Å². The van der Waals surface area contributed by atoms with Gasteiger partial charge < -0.3 is 5.73 Å². The summed E-state index contributed by atoms with van der Waals surface area (Å²) in [5, 5.41) is 0. The standard InChI is InChI=1S/C10H11FN2/c1-10(2,12)4-3-8-5-9(11)7-13-6-8/h5-7H,12H2,1-2H3. The number of rotatable bonds is 0. The first-order valence-corrected chi connectivity index (χ1v) is 3.90. The maximum atomic E-state index is 12.6. The van der Waals surface area contributed by atoms with Crippen LogP contribution in [0.25, 0.3) is 0 Å². The lowest BCUT2D eigenvalue weighted by molar-refractivity contribution is 0.621. The third kappa shape index (κ3) is 3.68. The zero-order valence-corrected chi connectivity index (χ0v) is 7.63. The summed E-state index contributed by atoms with van der Waals surface area (Å²) in [5.41, 5.74) is 5.61. The van der Waals surface area contributed by atoms with Crippen LogP contribution in [0.4, 0.5) is 4.39 Å². The molecule has 0 aliphatic heterocycles. The van der Waals surface area contributed by atoms with Gasteiger partial charge in [0, 0.05) is 11.8 Å². The molecule has 0 aromatic carbocycles. The van der Waals surface area contributed by atoms with Crippen molar-refractivity contribution >= 4 is 0 Å². The molecule has 1 rings (SSSR count). The largest absolute Gasteiger partial charge is 0.316 e. The Morgan fingerprint density at radius 3 is 2.69 bits per heavy atom. The fraction of sp³-hybridized carbons (Fsp3) is 0.300. The molecule has 0 bridgehead atoms. The van der Waals surface area contributed by atoms with Crippen molar-refractivity contribution in [2.45, 2.75) is 19.4 Å². The monoisotopic (exact) mass is 178 g/mol. The van der Waals surface area contributed by atoms with Crippen molar-refractivity contribution in [3.8, 4) is 11.8 Å². The summed E-state index contributed by atoms with van der Waals surface area (Å²) in [6.07, 6.45) is 2.64. The number of hydrogen-bond acceptors (Lipinski definition) is 2. The Hall–Kier alpha value is -1.40. The SMILES string of the molecule is CC(C)(N)C#Cc1cncc(F)c1. The van der Waals surface area contributed by atoms with Crippen molar-refractivity contribution in [1.29, 1.82) is 0 Å². The second-order valence-electron chi connectivity index (χ2n) is 3.36. The first-order valence-electron chi connectivity index (χ1n) is 3.90. The summed E-state index contributed by atoms with van der Waals surface area (Å²) in [6, 6.07) is 1.33. The number of nitrogens with zero attached hydrogens (tertiary/aromatic N) is 1. The van der Waals surface area contributed by atoms with Gasteiger partial charge in [-0.3, -0.25) is 4.98 Å². The minimum Gasteiger partial charge on any atom is -0.316 e. The van der Waals surface area contributed by atoms with Gasteiger partial charge in [0.2, 0.25) is 0 Å². The molecule has 1 aromatic heterocycles. The molecule has 13 heavy (non-hydrogen) atoms. The van der Waals surface area contributed by atoms with Crippen LogP contribution in [0.2, 0.25) is 0 Å². The second-order valence-corrected chi connectivity index (χ2v) is 3.36. The van der Waals surface area contributed by atoms with E-state index in [0.29, 0.717) is 5.56 Å². The van der Waals surface area contributed by atoms with Crippen LogP contribution in [-0.2, 0) is 0 Å². The van der Waals surface area contributed by atoms with Crippen LogP contribution in [0.1, 0.15) is 19.4 Å². The molecule has 0 fully saturated rings. The average Bonchev–Trinajstić information content (AvgIpc) is 2.00. The molecule has 0 radical (unpaired) electrons. The van der Waals surface area contributed by atoms with Gasteiger partial charge in [-0.1, -0.05) is 11.8 Å². The Morgan fingerprint density at radius 2 is 2.15 bits per heavy atom. The van der Waals surface area contributed by atoms with E-state index in [4.69, 9.17) is 5.73 Å². The highest BCUT2D eigenvalue weighted by atomic mass is 19.1. The van der Waals surface area contributed by atoms with Gasteiger partial charge in [0.15, 0.2) is 0 Å². The van der Waals surface area contributed by atoms with E-state index in [9.17, 15) is 4.39 Å². The molecule has 2 N–H and O–H groups in total. The molecule has 0 saturated heterocycles. The molecule has 0 unspecified atom stereocenters. The van der Waals surface area contributed by atoms with Crippen LogP contribution in [0.15, 0.2) is 18.5 Å². The Bertz CT molecular complexity index is 355. The molecule has 0 saturated carbocycles. The fourth-order valence-electron chi connectivity index (χ4n) is 0.713. The van der Waals surface area contributed by atoms with E-state index in [1.807, 2.05) is 0 Å². The smallest absolute Gasteiger partial charge is 0.142 e. The highest BCUT2D eigenvalue weighted by Crippen LogP contribution is 2.00. The summed E-state index contributed by atoms with van der Waals surface area (Å²) >= 11 is 0. The molecule has 0 amide bonds. The van der Waals surface area contributed by atoms with Crippen molar-refractivity contribution in [1.82, 2.24) is 4.98 Å². The van der Waals surface area contributed by atoms with Gasteiger partial charge in [0.1, 0.15) is 5.82 Å². The number of nitrogens with two attached hydrogens (primary N) is 1. The minimum absolute atomic E-state index is 0.387. The topological polar surface area (TPSA) is 38.9 Å². The molecular weight excluding hydrogens is 167 g/mol. The van der Waals surface area contributed by atoms with Gasteiger partial charge >= 0.3 is 0 Å².